The number of carbonyl (C=O) groups is 4. The molecule has 0 aromatic heterocycles. The molecule has 0 bridgehead atoms. The summed E-state index contributed by atoms with van der Waals surface area (Å²) < 4.78 is 0. The lowest BCUT2D eigenvalue weighted by atomic mass is 10.1. The molecule has 2 saturated heterocycles. The molecule has 2 fully saturated rings. The minimum absolute atomic E-state index is 0.191. The van der Waals surface area contributed by atoms with Crippen LogP contribution in [0.25, 0.3) is 0 Å². The maximum Gasteiger partial charge on any atom is 0.252 e. The van der Waals surface area contributed by atoms with E-state index in [1.54, 1.807) is 0 Å². The largest absolute Gasteiger partial charge is 0.345 e. The predicted octanol–water partition coefficient (Wildman–Crippen LogP) is -2.08. The predicted molar refractivity (Wildman–Crippen MR) is 85.3 cm³/mol. The first-order valence-corrected chi connectivity index (χ1v) is 8.32. The molecule has 24 heavy (non-hydrogen) atoms. The van der Waals surface area contributed by atoms with Crippen LogP contribution in [0.3, 0.4) is 0 Å². The first kappa shape index (κ1) is 18.3. The summed E-state index contributed by atoms with van der Waals surface area (Å²) in [5.74, 6) is -1.60. The average Bonchev–Trinajstić information content (AvgIpc) is 3.05. The van der Waals surface area contributed by atoms with Gasteiger partial charge < -0.3 is 21.7 Å². The molecule has 2 aliphatic heterocycles. The summed E-state index contributed by atoms with van der Waals surface area (Å²) in [6.07, 6.45) is 3.21. The number of unbranched alkanes of at least 4 members (excludes halogenated alkanes) is 1. The number of nitrogens with zero attached hydrogens (tertiary/aromatic N) is 2. The van der Waals surface area contributed by atoms with Crippen LogP contribution in [0, 0.1) is 0 Å². The van der Waals surface area contributed by atoms with Crippen molar-refractivity contribution in [3.05, 3.63) is 0 Å². The third-order valence-corrected chi connectivity index (χ3v) is 4.41. The lowest BCUT2D eigenvalue weighted by Crippen LogP contribution is -2.59. The molecule has 0 aliphatic carbocycles. The monoisotopic (exact) mass is 339 g/mol. The highest BCUT2D eigenvalue weighted by molar-refractivity contribution is 6.05. The summed E-state index contributed by atoms with van der Waals surface area (Å²) in [7, 11) is 0. The molecule has 0 spiro atoms. The van der Waals surface area contributed by atoms with Gasteiger partial charge in [-0.3, -0.25) is 24.1 Å². The van der Waals surface area contributed by atoms with E-state index >= 15 is 0 Å². The zero-order valence-electron chi connectivity index (χ0n) is 13.7. The number of imide groups is 1. The van der Waals surface area contributed by atoms with Crippen LogP contribution in [0.5, 0.6) is 0 Å². The van der Waals surface area contributed by atoms with Gasteiger partial charge in [-0.1, -0.05) is 6.42 Å². The van der Waals surface area contributed by atoms with Gasteiger partial charge in [0, 0.05) is 6.54 Å². The number of likely N-dealkylation sites (tertiary alicyclic amines) is 1. The lowest BCUT2D eigenvalue weighted by molar-refractivity contribution is -0.155. The van der Waals surface area contributed by atoms with E-state index in [0.29, 0.717) is 32.4 Å². The van der Waals surface area contributed by atoms with Crippen LogP contribution >= 0.6 is 0 Å². The van der Waals surface area contributed by atoms with Crippen LogP contribution in [0.1, 0.15) is 32.1 Å². The Morgan fingerprint density at radius 1 is 1.29 bits per heavy atom. The van der Waals surface area contributed by atoms with Crippen molar-refractivity contribution in [1.29, 1.82) is 0 Å². The van der Waals surface area contributed by atoms with Gasteiger partial charge in [-0.15, -0.1) is 0 Å². The highest BCUT2D eigenvalue weighted by atomic mass is 16.2. The van der Waals surface area contributed by atoms with Crippen molar-refractivity contribution in [2.75, 3.05) is 26.2 Å². The lowest BCUT2D eigenvalue weighted by Gasteiger charge is -2.32. The standard InChI is InChI=1S/C15H25N5O4/c16-6-2-1-4-10(17)14(23)19-7-3-5-11(19)15(24)20-9-12(21)18-8-13(20)22/h10-11H,1-9,16-17H2,(H,18,21)/t10-,11-/m0/s1. The second-order valence-electron chi connectivity index (χ2n) is 6.18. The Morgan fingerprint density at radius 3 is 2.75 bits per heavy atom. The van der Waals surface area contributed by atoms with Gasteiger partial charge in [-0.2, -0.15) is 0 Å². The number of carbonyl (C=O) groups excluding carboxylic acids is 4. The molecule has 0 unspecified atom stereocenters. The van der Waals surface area contributed by atoms with Gasteiger partial charge in [-0.25, -0.2) is 0 Å². The zero-order valence-corrected chi connectivity index (χ0v) is 13.7. The van der Waals surface area contributed by atoms with Crippen molar-refractivity contribution in [1.82, 2.24) is 15.1 Å². The van der Waals surface area contributed by atoms with Crippen molar-refractivity contribution in [2.45, 2.75) is 44.2 Å². The summed E-state index contributed by atoms with van der Waals surface area (Å²) in [6, 6.07) is -1.39. The van der Waals surface area contributed by atoms with E-state index in [1.165, 1.54) is 4.90 Å². The maximum absolute atomic E-state index is 12.6. The van der Waals surface area contributed by atoms with Gasteiger partial charge in [-0.05, 0) is 32.2 Å². The van der Waals surface area contributed by atoms with Crippen molar-refractivity contribution < 1.29 is 19.2 Å². The van der Waals surface area contributed by atoms with E-state index in [-0.39, 0.29) is 24.9 Å². The fraction of sp³-hybridized carbons (Fsp3) is 0.733. The molecule has 9 heteroatoms. The first-order valence-electron chi connectivity index (χ1n) is 8.32. The highest BCUT2D eigenvalue weighted by Crippen LogP contribution is 2.21. The van der Waals surface area contributed by atoms with Gasteiger partial charge >= 0.3 is 0 Å². The number of hydrogen-bond donors (Lipinski definition) is 3. The van der Waals surface area contributed by atoms with Crippen molar-refractivity contribution >= 4 is 23.6 Å². The second kappa shape index (κ2) is 8.20. The molecule has 5 N–H and O–H groups in total. The molecule has 9 nitrogen and oxygen atoms in total. The number of hydrogen-bond acceptors (Lipinski definition) is 6. The number of piperazine rings is 1. The molecule has 2 aliphatic rings. The molecule has 2 rings (SSSR count). The van der Waals surface area contributed by atoms with Gasteiger partial charge in [0.1, 0.15) is 12.6 Å². The minimum Gasteiger partial charge on any atom is -0.345 e. The molecular weight excluding hydrogens is 314 g/mol. The van der Waals surface area contributed by atoms with Crippen LogP contribution in [0.4, 0.5) is 0 Å². The highest BCUT2D eigenvalue weighted by Gasteiger charge is 2.41. The molecule has 2 heterocycles. The van der Waals surface area contributed by atoms with Crippen LogP contribution < -0.4 is 16.8 Å². The Morgan fingerprint density at radius 2 is 2.04 bits per heavy atom. The Labute approximate surface area is 140 Å². The molecule has 0 aromatic rings. The van der Waals surface area contributed by atoms with E-state index in [1.807, 2.05) is 0 Å². The smallest absolute Gasteiger partial charge is 0.252 e. The van der Waals surface area contributed by atoms with Gasteiger partial charge in [0.05, 0.1) is 12.6 Å². The van der Waals surface area contributed by atoms with E-state index in [0.717, 1.165) is 17.7 Å². The zero-order chi connectivity index (χ0) is 17.7. The molecular formula is C15H25N5O4. The Hall–Kier alpha value is -2.00. The van der Waals surface area contributed by atoms with Crippen LogP contribution in [0.2, 0.25) is 0 Å². The summed E-state index contributed by atoms with van der Waals surface area (Å²) in [6.45, 7) is 0.502. The van der Waals surface area contributed by atoms with Gasteiger partial charge in [0.2, 0.25) is 17.7 Å². The molecule has 134 valence electrons. The maximum atomic E-state index is 12.6. The van der Waals surface area contributed by atoms with Crippen LogP contribution in [-0.4, -0.2) is 71.7 Å². The van der Waals surface area contributed by atoms with E-state index in [2.05, 4.69) is 5.32 Å². The number of rotatable bonds is 6. The van der Waals surface area contributed by atoms with E-state index < -0.39 is 23.9 Å². The third kappa shape index (κ3) is 4.09. The molecule has 2 atom stereocenters. The number of nitrogens with one attached hydrogen (secondary N) is 1. The van der Waals surface area contributed by atoms with Crippen molar-refractivity contribution in [3.8, 4) is 0 Å². The topological polar surface area (TPSA) is 139 Å². The Bertz CT molecular complexity index is 524. The Balaban J connectivity index is 2.01. The van der Waals surface area contributed by atoms with Gasteiger partial charge in [0.15, 0.2) is 0 Å². The van der Waals surface area contributed by atoms with Crippen LogP contribution in [0.15, 0.2) is 0 Å². The Kier molecular flexibility index (Phi) is 6.27. The SMILES string of the molecule is NCCCC[C@H](N)C(=O)N1CCC[C@H]1C(=O)N1CC(=O)NCC1=O. The van der Waals surface area contributed by atoms with Crippen molar-refractivity contribution in [3.63, 3.8) is 0 Å². The van der Waals surface area contributed by atoms with Gasteiger partial charge in [0.25, 0.3) is 5.91 Å². The van der Waals surface area contributed by atoms with Crippen molar-refractivity contribution in [2.24, 2.45) is 11.5 Å². The number of nitrogens with two attached hydrogens (primary N) is 2. The fourth-order valence-corrected chi connectivity index (χ4v) is 3.07. The summed E-state index contributed by atoms with van der Waals surface area (Å²) in [5.41, 5.74) is 11.4. The summed E-state index contributed by atoms with van der Waals surface area (Å²) in [4.78, 5) is 50.9. The molecule has 0 radical (unpaired) electrons. The summed E-state index contributed by atoms with van der Waals surface area (Å²) >= 11 is 0. The fourth-order valence-electron chi connectivity index (χ4n) is 3.07. The molecule has 4 amide bonds. The molecule has 0 saturated carbocycles. The summed E-state index contributed by atoms with van der Waals surface area (Å²) in [5, 5.41) is 2.39. The number of amides is 4. The second-order valence-corrected chi connectivity index (χ2v) is 6.18. The third-order valence-electron chi connectivity index (χ3n) is 4.41. The minimum atomic E-state index is -0.715. The van der Waals surface area contributed by atoms with E-state index in [4.69, 9.17) is 11.5 Å². The normalized spacial score (nSPS) is 22.5. The van der Waals surface area contributed by atoms with Crippen LogP contribution in [-0.2, 0) is 19.2 Å². The molecule has 0 aromatic carbocycles. The van der Waals surface area contributed by atoms with E-state index in [9.17, 15) is 19.2 Å². The first-order chi connectivity index (χ1) is 11.5. The average molecular weight is 339 g/mol. The quantitative estimate of drug-likeness (QED) is 0.375.